The summed E-state index contributed by atoms with van der Waals surface area (Å²) in [5.41, 5.74) is 2.82. The summed E-state index contributed by atoms with van der Waals surface area (Å²) in [5.74, 6) is 1.15. The Hall–Kier alpha value is -2.81. The summed E-state index contributed by atoms with van der Waals surface area (Å²) < 4.78 is 14.1. The zero-order valence-electron chi connectivity index (χ0n) is 20.1. The topological polar surface area (TPSA) is 72.5 Å². The highest BCUT2D eigenvalue weighted by molar-refractivity contribution is 7.19. The molecule has 5 rings (SSSR count). The summed E-state index contributed by atoms with van der Waals surface area (Å²) in [6.07, 6.45) is 1.41. The molecule has 1 amide bonds. The van der Waals surface area contributed by atoms with E-state index in [4.69, 9.17) is 20.9 Å². The summed E-state index contributed by atoms with van der Waals surface area (Å²) in [5, 5.41) is 8.34. The molecule has 0 unspecified atom stereocenters. The van der Waals surface area contributed by atoms with E-state index in [0.717, 1.165) is 53.0 Å². The minimum Gasteiger partial charge on any atom is -0.393 e. The third-order valence-electron chi connectivity index (χ3n) is 6.60. The van der Waals surface area contributed by atoms with Gasteiger partial charge in [-0.25, -0.2) is 4.79 Å². The average molecular weight is 513 g/mol. The van der Waals surface area contributed by atoms with Crippen molar-refractivity contribution in [3.05, 3.63) is 58.1 Å². The van der Waals surface area contributed by atoms with Crippen molar-refractivity contribution in [3.63, 3.8) is 0 Å². The van der Waals surface area contributed by atoms with Crippen LogP contribution >= 0.6 is 22.9 Å². The van der Waals surface area contributed by atoms with Crippen molar-refractivity contribution in [3.8, 4) is 16.5 Å². The number of nitrogens with one attached hydrogen (secondary N) is 1. The largest absolute Gasteiger partial charge is 0.414 e. The number of fused-ring (bicyclic) bond motifs is 1. The number of hydrogen-bond acceptors (Lipinski definition) is 6. The third-order valence-corrected chi connectivity index (χ3v) is 7.85. The fraction of sp³-hybridized carbons (Fsp3) is 0.385. The monoisotopic (exact) mass is 512 g/mol. The predicted octanol–water partition coefficient (Wildman–Crippen LogP) is 6.33. The van der Waals surface area contributed by atoms with Crippen molar-refractivity contribution in [2.75, 3.05) is 13.1 Å². The van der Waals surface area contributed by atoms with Crippen LogP contribution in [-0.4, -0.2) is 45.9 Å². The molecular weight excluding hydrogens is 484 g/mol. The molecular formula is C26H29ClN4O3S. The van der Waals surface area contributed by atoms with Gasteiger partial charge in [0.2, 0.25) is 5.88 Å². The van der Waals surface area contributed by atoms with Gasteiger partial charge in [-0.15, -0.1) is 11.3 Å². The molecule has 1 N–H and O–H groups in total. The van der Waals surface area contributed by atoms with Crippen LogP contribution in [-0.2, 0) is 6.54 Å². The van der Waals surface area contributed by atoms with Crippen molar-refractivity contribution >= 4 is 39.9 Å². The molecule has 1 fully saturated rings. The van der Waals surface area contributed by atoms with Gasteiger partial charge in [0, 0.05) is 42.7 Å². The molecule has 0 radical (unpaired) electrons. The Morgan fingerprint density at radius 2 is 2.06 bits per heavy atom. The van der Waals surface area contributed by atoms with E-state index in [-0.39, 0.29) is 6.04 Å². The number of halogens is 1. The van der Waals surface area contributed by atoms with Crippen LogP contribution in [0.15, 0.2) is 47.0 Å². The maximum atomic E-state index is 12.8. The summed E-state index contributed by atoms with van der Waals surface area (Å²) >= 11 is 7.51. The Morgan fingerprint density at radius 3 is 2.77 bits per heavy atom. The maximum Gasteiger partial charge on any atom is 0.414 e. The first-order chi connectivity index (χ1) is 16.9. The minimum absolute atomic E-state index is 0.118. The maximum absolute atomic E-state index is 12.8. The molecule has 184 valence electrons. The van der Waals surface area contributed by atoms with Crippen LogP contribution < -0.4 is 10.1 Å². The Bertz CT molecular complexity index is 1330. The number of carbonyl (C=O) groups is 1. The Kier molecular flexibility index (Phi) is 6.86. The van der Waals surface area contributed by atoms with Crippen molar-refractivity contribution in [1.82, 2.24) is 19.9 Å². The molecule has 1 aliphatic heterocycles. The number of thiophene rings is 1. The molecule has 9 heteroatoms. The molecule has 0 aliphatic carbocycles. The van der Waals surface area contributed by atoms with Crippen LogP contribution in [0.3, 0.4) is 0 Å². The smallest absolute Gasteiger partial charge is 0.393 e. The van der Waals surface area contributed by atoms with E-state index >= 15 is 0 Å². The minimum atomic E-state index is -0.427. The van der Waals surface area contributed by atoms with Crippen LogP contribution in [0, 0.1) is 6.92 Å². The van der Waals surface area contributed by atoms with Crippen LogP contribution in [0.5, 0.6) is 5.88 Å². The molecule has 7 nitrogen and oxygen atoms in total. The fourth-order valence-corrected chi connectivity index (χ4v) is 5.61. The number of piperidine rings is 1. The normalized spacial score (nSPS) is 15.2. The van der Waals surface area contributed by atoms with Gasteiger partial charge in [0.25, 0.3) is 0 Å². The van der Waals surface area contributed by atoms with Gasteiger partial charge in [-0.1, -0.05) is 28.9 Å². The molecule has 0 spiro atoms. The van der Waals surface area contributed by atoms with E-state index in [9.17, 15) is 4.79 Å². The number of carbonyl (C=O) groups excluding carboxylic acids is 1. The van der Waals surface area contributed by atoms with Crippen LogP contribution in [0.4, 0.5) is 4.79 Å². The van der Waals surface area contributed by atoms with Gasteiger partial charge in [0.1, 0.15) is 5.69 Å². The first kappa shape index (κ1) is 23.9. The second-order valence-corrected chi connectivity index (χ2v) is 11.0. The number of aryl methyl sites for hydroxylation is 1. The lowest BCUT2D eigenvalue weighted by Gasteiger charge is -2.34. The summed E-state index contributed by atoms with van der Waals surface area (Å²) in [6.45, 7) is 8.82. The lowest BCUT2D eigenvalue weighted by atomic mass is 10.0. The van der Waals surface area contributed by atoms with Crippen LogP contribution in [0.25, 0.3) is 21.5 Å². The van der Waals surface area contributed by atoms with Gasteiger partial charge in [-0.2, -0.15) is 0 Å². The van der Waals surface area contributed by atoms with Crippen molar-refractivity contribution in [2.24, 2.45) is 0 Å². The van der Waals surface area contributed by atoms with E-state index in [0.29, 0.717) is 28.6 Å². The quantitative estimate of drug-likeness (QED) is 0.327. The molecule has 0 saturated carbocycles. The van der Waals surface area contributed by atoms with Gasteiger partial charge in [-0.05, 0) is 57.4 Å². The predicted molar refractivity (Wildman–Crippen MR) is 139 cm³/mol. The SMILES string of the molecule is Cc1cccc2c1cc(OC(=O)NC1CCN(C(C)C)CC1)n2Cc1cc(-c2ccc(Cl)s2)on1. The summed E-state index contributed by atoms with van der Waals surface area (Å²) in [4.78, 5) is 16.2. The van der Waals surface area contributed by atoms with E-state index in [1.54, 1.807) is 0 Å². The summed E-state index contributed by atoms with van der Waals surface area (Å²) in [6, 6.07) is 14.3. The number of ether oxygens (including phenoxy) is 1. The number of rotatable bonds is 6. The highest BCUT2D eigenvalue weighted by Crippen LogP contribution is 2.33. The number of hydrogen-bond donors (Lipinski definition) is 1. The number of benzene rings is 1. The van der Waals surface area contributed by atoms with Crippen LogP contribution in [0.2, 0.25) is 4.34 Å². The molecule has 3 aromatic heterocycles. The molecule has 0 atom stereocenters. The van der Waals surface area contributed by atoms with E-state index in [1.807, 2.05) is 54.0 Å². The lowest BCUT2D eigenvalue weighted by Crippen LogP contribution is -2.47. The van der Waals surface area contributed by atoms with Gasteiger partial charge in [0.05, 0.1) is 21.3 Å². The fourth-order valence-electron chi connectivity index (χ4n) is 4.62. The number of aromatic nitrogens is 2. The highest BCUT2D eigenvalue weighted by Gasteiger charge is 2.24. The van der Waals surface area contributed by atoms with Crippen molar-refractivity contribution < 1.29 is 14.1 Å². The molecule has 1 saturated heterocycles. The van der Waals surface area contributed by atoms with Crippen molar-refractivity contribution in [1.29, 1.82) is 0 Å². The summed E-state index contributed by atoms with van der Waals surface area (Å²) in [7, 11) is 0. The lowest BCUT2D eigenvalue weighted by molar-refractivity contribution is 0.151. The molecule has 1 aliphatic rings. The van der Waals surface area contributed by atoms with E-state index < -0.39 is 6.09 Å². The van der Waals surface area contributed by atoms with Gasteiger partial charge >= 0.3 is 6.09 Å². The Morgan fingerprint density at radius 1 is 1.26 bits per heavy atom. The second-order valence-electron chi connectivity index (χ2n) is 9.30. The third kappa shape index (κ3) is 5.24. The molecule has 4 aromatic rings. The van der Waals surface area contributed by atoms with Gasteiger partial charge in [0.15, 0.2) is 5.76 Å². The van der Waals surface area contributed by atoms with Crippen molar-refractivity contribution in [2.45, 2.75) is 52.2 Å². The first-order valence-corrected chi connectivity index (χ1v) is 13.1. The number of nitrogens with zero attached hydrogens (tertiary/aromatic N) is 3. The zero-order valence-corrected chi connectivity index (χ0v) is 21.7. The Balaban J connectivity index is 1.35. The van der Waals surface area contributed by atoms with Crippen LogP contribution in [0.1, 0.15) is 37.9 Å². The number of likely N-dealkylation sites (tertiary alicyclic amines) is 1. The molecule has 35 heavy (non-hydrogen) atoms. The zero-order chi connectivity index (χ0) is 24.5. The van der Waals surface area contributed by atoms with E-state index in [2.05, 4.69) is 29.2 Å². The highest BCUT2D eigenvalue weighted by atomic mass is 35.5. The van der Waals surface area contributed by atoms with Gasteiger partial charge in [-0.3, -0.25) is 0 Å². The first-order valence-electron chi connectivity index (χ1n) is 11.9. The second kappa shape index (κ2) is 10.0. The number of amides is 1. The van der Waals surface area contributed by atoms with E-state index in [1.165, 1.54) is 11.3 Å². The van der Waals surface area contributed by atoms with Gasteiger partial charge < -0.3 is 24.0 Å². The molecule has 0 bridgehead atoms. The Labute approximate surface area is 213 Å². The molecule has 1 aromatic carbocycles. The molecule has 4 heterocycles. The average Bonchev–Trinajstić information content (AvgIpc) is 3.55. The standard InChI is InChI=1S/C26H29ClN4O3S/c1-16(2)30-11-9-18(10-12-30)28-26(32)33-25-14-20-17(3)5-4-6-21(20)31(25)15-19-13-22(34-29-19)23-7-8-24(27)35-23/h4-8,13-14,16,18H,9-12,15H2,1-3H3,(H,28,32).